The second kappa shape index (κ2) is 5.59. The average Bonchev–Trinajstić information content (AvgIpc) is 2.56. The van der Waals surface area contributed by atoms with Crippen molar-refractivity contribution in [3.8, 4) is 0 Å². The second-order valence-electron chi connectivity index (χ2n) is 5.18. The van der Waals surface area contributed by atoms with Crippen LogP contribution in [0.15, 0.2) is 28.7 Å². The van der Waals surface area contributed by atoms with Gasteiger partial charge in [-0.2, -0.15) is 0 Å². The first-order valence-electron chi connectivity index (χ1n) is 6.78. The Balaban J connectivity index is 1.56. The van der Waals surface area contributed by atoms with Gasteiger partial charge in [0.25, 0.3) is 0 Å². The van der Waals surface area contributed by atoms with Gasteiger partial charge in [-0.05, 0) is 37.7 Å². The van der Waals surface area contributed by atoms with Crippen molar-refractivity contribution in [3.05, 3.63) is 28.7 Å². The molecule has 0 atom stereocenters. The Labute approximate surface area is 117 Å². The zero-order valence-corrected chi connectivity index (χ0v) is 12.2. The fourth-order valence-corrected chi connectivity index (χ4v) is 3.19. The Morgan fingerprint density at radius 3 is 2.89 bits per heavy atom. The zero-order valence-electron chi connectivity index (χ0n) is 10.6. The molecule has 0 radical (unpaired) electrons. The van der Waals surface area contributed by atoms with Crippen molar-refractivity contribution in [1.29, 1.82) is 0 Å². The van der Waals surface area contributed by atoms with E-state index in [9.17, 15) is 0 Å². The molecule has 0 unspecified atom stereocenters. The molecule has 0 aromatic heterocycles. The number of nitrogens with zero attached hydrogens (tertiary/aromatic N) is 2. The Kier molecular flexibility index (Phi) is 3.87. The Morgan fingerprint density at radius 2 is 2.06 bits per heavy atom. The minimum Gasteiger partial charge on any atom is -0.368 e. The summed E-state index contributed by atoms with van der Waals surface area (Å²) in [7, 11) is 0. The van der Waals surface area contributed by atoms with E-state index < -0.39 is 0 Å². The predicted octanol–water partition coefficient (Wildman–Crippen LogP) is 1.93. The van der Waals surface area contributed by atoms with Gasteiger partial charge in [0.2, 0.25) is 0 Å². The summed E-state index contributed by atoms with van der Waals surface area (Å²) in [4.78, 5) is 5.11. The molecule has 2 fully saturated rings. The molecule has 1 N–H and O–H groups in total. The zero-order chi connectivity index (χ0) is 12.4. The lowest BCUT2D eigenvalue weighted by Gasteiger charge is -2.46. The highest BCUT2D eigenvalue weighted by Crippen LogP contribution is 2.26. The van der Waals surface area contributed by atoms with E-state index >= 15 is 0 Å². The second-order valence-corrected chi connectivity index (χ2v) is 6.09. The van der Waals surface area contributed by atoms with Crippen molar-refractivity contribution in [2.45, 2.75) is 12.5 Å². The van der Waals surface area contributed by atoms with Crippen LogP contribution < -0.4 is 10.2 Å². The quantitative estimate of drug-likeness (QED) is 0.900. The Morgan fingerprint density at radius 1 is 1.17 bits per heavy atom. The molecule has 2 heterocycles. The topological polar surface area (TPSA) is 18.5 Å². The number of nitrogens with one attached hydrogen (secondary N) is 1. The van der Waals surface area contributed by atoms with Crippen LogP contribution in [0.2, 0.25) is 0 Å². The molecular formula is C14H20BrN3. The van der Waals surface area contributed by atoms with Crippen LogP contribution in [0.1, 0.15) is 6.42 Å². The Hall–Kier alpha value is -0.580. The van der Waals surface area contributed by atoms with Crippen molar-refractivity contribution in [3.63, 3.8) is 0 Å². The number of rotatable bonds is 2. The van der Waals surface area contributed by atoms with Crippen LogP contribution >= 0.6 is 15.9 Å². The lowest BCUT2D eigenvalue weighted by atomic mass is 10.1. The summed E-state index contributed by atoms with van der Waals surface area (Å²) in [5.74, 6) is 0. The van der Waals surface area contributed by atoms with E-state index in [1.165, 1.54) is 49.3 Å². The van der Waals surface area contributed by atoms with Crippen LogP contribution in [0, 0.1) is 0 Å². The molecule has 0 aliphatic carbocycles. The van der Waals surface area contributed by atoms with Gasteiger partial charge in [-0.1, -0.05) is 22.0 Å². The number of anilines is 1. The minimum absolute atomic E-state index is 0.754. The third kappa shape index (κ3) is 2.71. The van der Waals surface area contributed by atoms with Crippen molar-refractivity contribution in [2.75, 3.05) is 44.2 Å². The summed E-state index contributed by atoms with van der Waals surface area (Å²) in [6, 6.07) is 9.36. The lowest BCUT2D eigenvalue weighted by Crippen LogP contribution is -2.60. The van der Waals surface area contributed by atoms with E-state index in [1.807, 2.05) is 0 Å². The normalized spacial score (nSPS) is 22.6. The largest absolute Gasteiger partial charge is 0.368 e. The van der Waals surface area contributed by atoms with Gasteiger partial charge in [-0.25, -0.2) is 0 Å². The molecule has 0 spiro atoms. The maximum Gasteiger partial charge on any atom is 0.0447 e. The van der Waals surface area contributed by atoms with E-state index in [4.69, 9.17) is 0 Å². The van der Waals surface area contributed by atoms with Crippen LogP contribution in [0.4, 0.5) is 5.69 Å². The number of hydrogen-bond donors (Lipinski definition) is 1. The van der Waals surface area contributed by atoms with Crippen molar-refractivity contribution >= 4 is 21.6 Å². The minimum atomic E-state index is 0.754. The van der Waals surface area contributed by atoms with Gasteiger partial charge in [0.15, 0.2) is 0 Å². The predicted molar refractivity (Wildman–Crippen MR) is 79.2 cm³/mol. The third-order valence-electron chi connectivity index (χ3n) is 3.93. The van der Waals surface area contributed by atoms with Crippen LogP contribution in [-0.4, -0.2) is 50.2 Å². The van der Waals surface area contributed by atoms with E-state index in [-0.39, 0.29) is 0 Å². The van der Waals surface area contributed by atoms with E-state index in [0.717, 1.165) is 12.6 Å². The number of halogens is 1. The maximum atomic E-state index is 3.54. The fourth-order valence-electron chi connectivity index (χ4n) is 2.80. The highest BCUT2D eigenvalue weighted by molar-refractivity contribution is 9.10. The molecule has 1 aromatic rings. The van der Waals surface area contributed by atoms with Crippen LogP contribution in [0.3, 0.4) is 0 Å². The molecular weight excluding hydrogens is 290 g/mol. The molecule has 0 amide bonds. The fraction of sp³-hybridized carbons (Fsp3) is 0.571. The van der Waals surface area contributed by atoms with E-state index in [1.54, 1.807) is 0 Å². The van der Waals surface area contributed by atoms with Gasteiger partial charge in [-0.3, -0.25) is 4.90 Å². The van der Waals surface area contributed by atoms with Crippen LogP contribution in [-0.2, 0) is 0 Å². The van der Waals surface area contributed by atoms with E-state index in [0.29, 0.717) is 0 Å². The van der Waals surface area contributed by atoms with Crippen LogP contribution in [0.5, 0.6) is 0 Å². The molecule has 3 rings (SSSR count). The highest BCUT2D eigenvalue weighted by atomic mass is 79.9. The van der Waals surface area contributed by atoms with Gasteiger partial charge in [-0.15, -0.1) is 0 Å². The van der Waals surface area contributed by atoms with Gasteiger partial charge >= 0.3 is 0 Å². The summed E-state index contributed by atoms with van der Waals surface area (Å²) >= 11 is 3.54. The third-order valence-corrected chi connectivity index (χ3v) is 4.42. The van der Waals surface area contributed by atoms with Gasteiger partial charge in [0, 0.05) is 42.4 Å². The molecule has 0 saturated carbocycles. The summed E-state index contributed by atoms with van der Waals surface area (Å²) in [6.07, 6.45) is 1.29. The number of benzene rings is 1. The van der Waals surface area contributed by atoms with Gasteiger partial charge in [0.05, 0.1) is 0 Å². The summed E-state index contributed by atoms with van der Waals surface area (Å²) < 4.78 is 1.17. The molecule has 18 heavy (non-hydrogen) atoms. The van der Waals surface area contributed by atoms with Crippen molar-refractivity contribution < 1.29 is 0 Å². The first-order chi connectivity index (χ1) is 8.83. The lowest BCUT2D eigenvalue weighted by molar-refractivity contribution is 0.177. The number of hydrogen-bond acceptors (Lipinski definition) is 3. The smallest absolute Gasteiger partial charge is 0.0447 e. The van der Waals surface area contributed by atoms with Gasteiger partial charge < -0.3 is 10.2 Å². The standard InChI is InChI=1S/C14H20BrN3/c15-12-3-1-4-13(9-12)18-10-14(11-18)17-7-2-5-16-6-8-17/h1,3-4,9,14,16H,2,5-8,10-11H2. The van der Waals surface area contributed by atoms with Crippen molar-refractivity contribution in [1.82, 2.24) is 10.2 Å². The maximum absolute atomic E-state index is 3.54. The monoisotopic (exact) mass is 309 g/mol. The summed E-state index contributed by atoms with van der Waals surface area (Å²) in [6.45, 7) is 7.14. The van der Waals surface area contributed by atoms with Crippen LogP contribution in [0.25, 0.3) is 0 Å². The molecule has 2 saturated heterocycles. The van der Waals surface area contributed by atoms with E-state index in [2.05, 4.69) is 55.3 Å². The average molecular weight is 310 g/mol. The first-order valence-corrected chi connectivity index (χ1v) is 7.57. The summed E-state index contributed by atoms with van der Waals surface area (Å²) in [5, 5.41) is 3.47. The van der Waals surface area contributed by atoms with Gasteiger partial charge in [0.1, 0.15) is 0 Å². The molecule has 1 aromatic carbocycles. The summed E-state index contributed by atoms with van der Waals surface area (Å²) in [5.41, 5.74) is 1.34. The Bertz CT molecular complexity index is 396. The molecule has 2 aliphatic rings. The molecule has 98 valence electrons. The highest BCUT2D eigenvalue weighted by Gasteiger charge is 2.31. The first kappa shape index (κ1) is 12.5. The molecule has 2 aliphatic heterocycles. The molecule has 0 bridgehead atoms. The molecule has 4 heteroatoms. The molecule has 3 nitrogen and oxygen atoms in total. The van der Waals surface area contributed by atoms with Crippen molar-refractivity contribution in [2.24, 2.45) is 0 Å². The SMILES string of the molecule is Brc1cccc(N2CC(N3CCCNCC3)C2)c1.